The zero-order valence-corrected chi connectivity index (χ0v) is 18.8. The Labute approximate surface area is 191 Å². The second-order valence-corrected chi connectivity index (χ2v) is 9.33. The zero-order chi connectivity index (χ0) is 23.6. The number of hydrazone groups is 1. The fraction of sp³-hybridized carbons (Fsp3) is 0.208. The summed E-state index contributed by atoms with van der Waals surface area (Å²) in [6.45, 7) is 0. The monoisotopic (exact) mass is 472 g/mol. The van der Waals surface area contributed by atoms with Crippen LogP contribution in [0.25, 0.3) is 0 Å². The second-order valence-electron chi connectivity index (χ2n) is 7.41. The van der Waals surface area contributed by atoms with Crippen LogP contribution in [0.5, 0.6) is 11.5 Å². The number of ether oxygens (including phenoxy) is 2. The smallest absolute Gasteiger partial charge is 0.341 e. The fourth-order valence-electron chi connectivity index (χ4n) is 3.68. The van der Waals surface area contributed by atoms with Gasteiger partial charge >= 0.3 is 5.76 Å². The van der Waals surface area contributed by atoms with E-state index in [2.05, 4.69) is 0 Å². The van der Waals surface area contributed by atoms with Crippen LogP contribution in [0.2, 0.25) is 0 Å². The number of anilines is 1. The Morgan fingerprint density at radius 2 is 1.42 bits per heavy atom. The number of hydrogen-bond acceptors (Lipinski definition) is 6. The van der Waals surface area contributed by atoms with E-state index in [1.54, 1.807) is 19.2 Å². The van der Waals surface area contributed by atoms with E-state index in [0.717, 1.165) is 28.3 Å². The summed E-state index contributed by atoms with van der Waals surface area (Å²) >= 11 is 0. The van der Waals surface area contributed by atoms with E-state index in [1.807, 2.05) is 48.5 Å². The van der Waals surface area contributed by atoms with Crippen molar-refractivity contribution in [2.24, 2.45) is 5.10 Å². The fourth-order valence-corrected chi connectivity index (χ4v) is 4.40. The predicted octanol–water partition coefficient (Wildman–Crippen LogP) is 5.06. The molecule has 1 aliphatic heterocycles. The van der Waals surface area contributed by atoms with Crippen molar-refractivity contribution in [2.45, 2.75) is 23.1 Å². The molecule has 0 saturated heterocycles. The van der Waals surface area contributed by atoms with Crippen LogP contribution in [0.15, 0.2) is 82.8 Å². The Balaban J connectivity index is 1.71. The van der Waals surface area contributed by atoms with Gasteiger partial charge < -0.3 is 9.47 Å². The van der Waals surface area contributed by atoms with Crippen molar-refractivity contribution in [3.05, 3.63) is 83.9 Å². The summed E-state index contributed by atoms with van der Waals surface area (Å²) in [6, 6.07) is 20.3. The predicted molar refractivity (Wildman–Crippen MR) is 122 cm³/mol. The number of benzene rings is 3. The first kappa shape index (κ1) is 22.7. The van der Waals surface area contributed by atoms with Crippen LogP contribution in [0.1, 0.15) is 23.6 Å². The highest BCUT2D eigenvalue weighted by atomic mass is 32.2. The summed E-state index contributed by atoms with van der Waals surface area (Å²) in [5, 5.41) is 6.57. The molecule has 0 fully saturated rings. The summed E-state index contributed by atoms with van der Waals surface area (Å²) in [6.07, 6.45) is 0.593. The maximum absolute atomic E-state index is 12.9. The molecule has 1 atom stereocenters. The standard InChI is InChI=1S/C24H22F2N2O4S/c1-31-19-9-3-16(4-10-19)22-15-23(17-5-11-20(32-2)12-6-17)28(27-22)18-7-13-21(14-8-18)33(29,30)24(25)26/h3-14,23-24H,15H2,1-2H3/t23-/m0/s1. The highest BCUT2D eigenvalue weighted by Crippen LogP contribution is 2.38. The molecule has 3 aromatic rings. The van der Waals surface area contributed by atoms with Crippen molar-refractivity contribution in [1.29, 1.82) is 0 Å². The third-order valence-corrected chi connectivity index (χ3v) is 6.90. The third kappa shape index (κ3) is 4.54. The lowest BCUT2D eigenvalue weighted by molar-refractivity contribution is 0.234. The first-order valence-electron chi connectivity index (χ1n) is 10.1. The van der Waals surface area contributed by atoms with E-state index in [-0.39, 0.29) is 6.04 Å². The van der Waals surface area contributed by atoms with Gasteiger partial charge in [-0.2, -0.15) is 13.9 Å². The number of rotatable bonds is 7. The Kier molecular flexibility index (Phi) is 6.33. The lowest BCUT2D eigenvalue weighted by Gasteiger charge is -2.24. The van der Waals surface area contributed by atoms with Crippen molar-refractivity contribution >= 4 is 21.2 Å². The van der Waals surface area contributed by atoms with Gasteiger partial charge in [0.05, 0.1) is 36.6 Å². The SMILES string of the molecule is COc1ccc(C2=NN(c3ccc(S(=O)(=O)C(F)F)cc3)[C@H](c3ccc(OC)cc3)C2)cc1. The van der Waals surface area contributed by atoms with Crippen LogP contribution < -0.4 is 14.5 Å². The lowest BCUT2D eigenvalue weighted by Crippen LogP contribution is -2.19. The Morgan fingerprint density at radius 1 is 0.879 bits per heavy atom. The van der Waals surface area contributed by atoms with Crippen molar-refractivity contribution in [1.82, 2.24) is 0 Å². The van der Waals surface area contributed by atoms with Gasteiger partial charge in [-0.1, -0.05) is 12.1 Å². The van der Waals surface area contributed by atoms with E-state index in [1.165, 1.54) is 24.3 Å². The van der Waals surface area contributed by atoms with Crippen LogP contribution in [-0.4, -0.2) is 34.1 Å². The van der Waals surface area contributed by atoms with Crippen molar-refractivity contribution in [3.63, 3.8) is 0 Å². The molecule has 1 aliphatic rings. The van der Waals surface area contributed by atoms with E-state index in [0.29, 0.717) is 12.1 Å². The molecule has 0 N–H and O–H groups in total. The normalized spacial score (nSPS) is 16.1. The average molecular weight is 473 g/mol. The first-order valence-corrected chi connectivity index (χ1v) is 11.7. The molecule has 172 valence electrons. The number of methoxy groups -OCH3 is 2. The molecule has 4 rings (SSSR count). The molecule has 0 radical (unpaired) electrons. The third-order valence-electron chi connectivity index (χ3n) is 5.50. The molecular weight excluding hydrogens is 450 g/mol. The highest BCUT2D eigenvalue weighted by molar-refractivity contribution is 7.91. The largest absolute Gasteiger partial charge is 0.497 e. The minimum atomic E-state index is -4.66. The van der Waals surface area contributed by atoms with Gasteiger partial charge in [0, 0.05) is 6.42 Å². The van der Waals surface area contributed by atoms with Crippen LogP contribution in [0, 0.1) is 0 Å². The molecule has 0 saturated carbocycles. The van der Waals surface area contributed by atoms with Crippen LogP contribution in [0.3, 0.4) is 0 Å². The molecule has 33 heavy (non-hydrogen) atoms. The summed E-state index contributed by atoms with van der Waals surface area (Å²) < 4.78 is 59.8. The number of sulfone groups is 1. The molecule has 0 aliphatic carbocycles. The number of nitrogens with zero attached hydrogens (tertiary/aromatic N) is 2. The van der Waals surface area contributed by atoms with E-state index in [4.69, 9.17) is 14.6 Å². The van der Waals surface area contributed by atoms with Gasteiger partial charge in [-0.3, -0.25) is 5.01 Å². The van der Waals surface area contributed by atoms with Gasteiger partial charge in [0.2, 0.25) is 9.84 Å². The molecule has 0 bridgehead atoms. The average Bonchev–Trinajstić information content (AvgIpc) is 3.29. The quantitative estimate of drug-likeness (QED) is 0.481. The van der Waals surface area contributed by atoms with Gasteiger partial charge in [-0.25, -0.2) is 8.42 Å². The minimum absolute atomic E-state index is 0.175. The molecule has 0 aromatic heterocycles. The molecule has 9 heteroatoms. The lowest BCUT2D eigenvalue weighted by atomic mass is 9.98. The second kappa shape index (κ2) is 9.19. The molecule has 0 amide bonds. The molecule has 0 spiro atoms. The van der Waals surface area contributed by atoms with Crippen molar-refractivity contribution in [3.8, 4) is 11.5 Å². The molecule has 1 heterocycles. The number of hydrogen-bond donors (Lipinski definition) is 0. The highest BCUT2D eigenvalue weighted by Gasteiger charge is 2.31. The van der Waals surface area contributed by atoms with Crippen molar-refractivity contribution in [2.75, 3.05) is 19.2 Å². The molecule has 0 unspecified atom stereocenters. The Morgan fingerprint density at radius 3 is 1.94 bits per heavy atom. The van der Waals surface area contributed by atoms with Crippen LogP contribution in [-0.2, 0) is 9.84 Å². The zero-order valence-electron chi connectivity index (χ0n) is 18.0. The van der Waals surface area contributed by atoms with Crippen molar-refractivity contribution < 1.29 is 26.7 Å². The summed E-state index contributed by atoms with van der Waals surface area (Å²) in [5.41, 5.74) is 3.33. The number of alkyl halides is 2. The van der Waals surface area contributed by atoms with E-state index < -0.39 is 20.5 Å². The van der Waals surface area contributed by atoms with Gasteiger partial charge in [0.1, 0.15) is 11.5 Å². The Hall–Kier alpha value is -3.46. The summed E-state index contributed by atoms with van der Waals surface area (Å²) in [5.74, 6) is -2.01. The molecule has 3 aromatic carbocycles. The van der Waals surface area contributed by atoms with E-state index in [9.17, 15) is 17.2 Å². The first-order chi connectivity index (χ1) is 15.8. The van der Waals surface area contributed by atoms with Gasteiger partial charge in [-0.15, -0.1) is 0 Å². The van der Waals surface area contributed by atoms with Gasteiger partial charge in [-0.05, 0) is 71.8 Å². The maximum atomic E-state index is 12.9. The molecule has 6 nitrogen and oxygen atoms in total. The van der Waals surface area contributed by atoms with E-state index >= 15 is 0 Å². The number of halogens is 2. The summed E-state index contributed by atoms with van der Waals surface area (Å²) in [4.78, 5) is -0.430. The van der Waals surface area contributed by atoms with Crippen LogP contribution in [0.4, 0.5) is 14.5 Å². The topological polar surface area (TPSA) is 68.2 Å². The van der Waals surface area contributed by atoms with Gasteiger partial charge in [0.15, 0.2) is 0 Å². The Bertz CT molecular complexity index is 1240. The minimum Gasteiger partial charge on any atom is -0.497 e. The summed E-state index contributed by atoms with van der Waals surface area (Å²) in [7, 11) is -1.47. The maximum Gasteiger partial charge on any atom is 0.341 e. The van der Waals surface area contributed by atoms with Gasteiger partial charge in [0.25, 0.3) is 0 Å². The molecular formula is C24H22F2N2O4S. The van der Waals surface area contributed by atoms with Crippen LogP contribution >= 0.6 is 0 Å².